The zero-order valence-corrected chi connectivity index (χ0v) is 10.5. The molecule has 0 aliphatic heterocycles. The summed E-state index contributed by atoms with van der Waals surface area (Å²) in [4.78, 5) is 22.3. The van der Waals surface area contributed by atoms with Gasteiger partial charge in [0.25, 0.3) is 11.7 Å². The first-order valence-corrected chi connectivity index (χ1v) is 5.40. The first-order valence-electron chi connectivity index (χ1n) is 4.28. The van der Waals surface area contributed by atoms with E-state index in [0.29, 0.717) is 0 Å². The van der Waals surface area contributed by atoms with E-state index >= 15 is 0 Å². The average molecular weight is 300 g/mol. The number of carboxylic acids is 1. The van der Waals surface area contributed by atoms with Crippen molar-refractivity contribution in [1.29, 1.82) is 0 Å². The quantitative estimate of drug-likeness (QED) is 0.408. The average Bonchev–Trinajstić information content (AvgIpc) is 2.28. The third kappa shape index (κ3) is 3.41. The molecule has 0 rings (SSSR count). The number of hydrogen-bond acceptors (Lipinski definition) is 5. The molecule has 0 saturated carbocycles. The monoisotopic (exact) mass is 299 g/mol. The van der Waals surface area contributed by atoms with Crippen molar-refractivity contribution in [3.63, 3.8) is 0 Å². The highest BCUT2D eigenvalue weighted by Crippen LogP contribution is 2.15. The highest BCUT2D eigenvalue weighted by atomic mass is 79.9. The molecule has 1 unspecified atom stereocenters. The molecule has 0 heterocycles. The molecule has 1 atom stereocenters. The lowest BCUT2D eigenvalue weighted by molar-refractivity contribution is -0.199. The number of hydrogen-bond donors (Lipinski definition) is 3. The third-order valence-electron chi connectivity index (χ3n) is 1.97. The number of carbonyl (C=O) groups excluding carboxylic acids is 1. The fourth-order valence-corrected chi connectivity index (χ4v) is 1.60. The van der Waals surface area contributed by atoms with E-state index in [0.717, 1.165) is 0 Å². The molecule has 3 N–H and O–H groups in total. The summed E-state index contributed by atoms with van der Waals surface area (Å²) in [7, 11) is 2.50. The van der Waals surface area contributed by atoms with Gasteiger partial charge in [0.2, 0.25) is 0 Å². The number of aliphatic carboxylic acids is 1. The molecule has 0 spiro atoms. The summed E-state index contributed by atoms with van der Waals surface area (Å²) in [5.41, 5.74) is 0. The topological polar surface area (TPSA) is 105 Å². The zero-order valence-electron chi connectivity index (χ0n) is 8.90. The van der Waals surface area contributed by atoms with Crippen molar-refractivity contribution in [2.75, 3.05) is 26.2 Å². The van der Waals surface area contributed by atoms with E-state index < -0.39 is 30.3 Å². The minimum absolute atomic E-state index is 0.0244. The fourth-order valence-electron chi connectivity index (χ4n) is 0.892. The Bertz CT molecular complexity index is 247. The number of rotatable bonds is 7. The van der Waals surface area contributed by atoms with E-state index in [1.54, 1.807) is 0 Å². The molecule has 94 valence electrons. The van der Waals surface area contributed by atoms with E-state index in [2.05, 4.69) is 21.2 Å². The van der Waals surface area contributed by atoms with Gasteiger partial charge in [-0.1, -0.05) is 15.9 Å². The Labute approximate surface area is 101 Å². The van der Waals surface area contributed by atoms with Crippen LogP contribution in [0.15, 0.2) is 0 Å². The number of amides is 1. The van der Waals surface area contributed by atoms with E-state index in [-0.39, 0.29) is 5.33 Å². The third-order valence-corrected chi connectivity index (χ3v) is 2.71. The Hall–Kier alpha value is -0.700. The molecule has 0 radical (unpaired) electrons. The molecule has 0 aromatic heterocycles. The summed E-state index contributed by atoms with van der Waals surface area (Å²) < 4.78 is 9.73. The van der Waals surface area contributed by atoms with Crippen LogP contribution in [0, 0.1) is 0 Å². The maximum absolute atomic E-state index is 11.7. The molecule has 0 aromatic rings. The van der Waals surface area contributed by atoms with E-state index in [1.807, 2.05) is 0 Å². The van der Waals surface area contributed by atoms with Gasteiger partial charge in [0, 0.05) is 14.2 Å². The molecule has 0 bridgehead atoms. The lowest BCUT2D eigenvalue weighted by atomic mass is 10.2. The number of alkyl halides is 1. The minimum Gasteiger partial charge on any atom is -0.480 e. The summed E-state index contributed by atoms with van der Waals surface area (Å²) in [6.45, 7) is -0.715. The van der Waals surface area contributed by atoms with Crippen molar-refractivity contribution in [2.45, 2.75) is 11.8 Å². The van der Waals surface area contributed by atoms with Crippen LogP contribution < -0.4 is 5.32 Å². The Balaban J connectivity index is 4.70. The second-order valence-corrected chi connectivity index (χ2v) is 3.40. The van der Waals surface area contributed by atoms with Crippen LogP contribution in [0.3, 0.4) is 0 Å². The number of aliphatic hydroxyl groups excluding tert-OH is 1. The number of ether oxygens (including phenoxy) is 2. The van der Waals surface area contributed by atoms with Gasteiger partial charge < -0.3 is 25.0 Å². The largest absolute Gasteiger partial charge is 0.480 e. The van der Waals surface area contributed by atoms with Crippen LogP contribution in [-0.2, 0) is 19.1 Å². The molecule has 0 aromatic carbocycles. The Morgan fingerprint density at radius 3 is 2.19 bits per heavy atom. The first kappa shape index (κ1) is 15.3. The molecular formula is C8H14BrNO6. The predicted molar refractivity (Wildman–Crippen MR) is 57.2 cm³/mol. The molecule has 16 heavy (non-hydrogen) atoms. The van der Waals surface area contributed by atoms with Gasteiger partial charge in [-0.05, 0) is 0 Å². The molecule has 8 heteroatoms. The van der Waals surface area contributed by atoms with Crippen LogP contribution >= 0.6 is 15.9 Å². The minimum atomic E-state index is -1.61. The molecular weight excluding hydrogens is 286 g/mol. The first-order chi connectivity index (χ1) is 7.47. The molecule has 0 fully saturated rings. The summed E-state index contributed by atoms with van der Waals surface area (Å²) in [5, 5.41) is 19.5. The van der Waals surface area contributed by atoms with Gasteiger partial charge in [0.15, 0.2) is 6.04 Å². The van der Waals surface area contributed by atoms with Crippen molar-refractivity contribution in [2.24, 2.45) is 0 Å². The Morgan fingerprint density at radius 2 is 1.94 bits per heavy atom. The lowest BCUT2D eigenvalue weighted by Crippen LogP contribution is -2.56. The zero-order chi connectivity index (χ0) is 12.8. The van der Waals surface area contributed by atoms with Crippen molar-refractivity contribution in [3.05, 3.63) is 0 Å². The van der Waals surface area contributed by atoms with Gasteiger partial charge in [-0.25, -0.2) is 4.79 Å². The number of carboxylic acid groups (broad SMARTS) is 1. The predicted octanol–water partition coefficient (Wildman–Crippen LogP) is -1.07. The second-order valence-electron chi connectivity index (χ2n) is 2.84. The lowest BCUT2D eigenvalue weighted by Gasteiger charge is -2.28. The SMILES string of the molecule is COC(CBr)(OC)C(=O)NC(CO)C(=O)O. The van der Waals surface area contributed by atoms with Crippen LogP contribution in [0.1, 0.15) is 0 Å². The molecule has 0 aliphatic carbocycles. The van der Waals surface area contributed by atoms with E-state index in [4.69, 9.17) is 19.7 Å². The van der Waals surface area contributed by atoms with Gasteiger partial charge in [-0.15, -0.1) is 0 Å². The Kier molecular flexibility index (Phi) is 6.49. The van der Waals surface area contributed by atoms with Crippen LogP contribution in [0.2, 0.25) is 0 Å². The molecule has 0 saturated heterocycles. The second kappa shape index (κ2) is 6.79. The molecule has 0 aliphatic rings. The van der Waals surface area contributed by atoms with Crippen molar-refractivity contribution < 1.29 is 29.3 Å². The maximum atomic E-state index is 11.7. The highest BCUT2D eigenvalue weighted by molar-refractivity contribution is 9.09. The van der Waals surface area contributed by atoms with Crippen molar-refractivity contribution >= 4 is 27.8 Å². The standard InChI is InChI=1S/C8H14BrNO6/c1-15-8(4-9,16-2)7(14)10-5(3-11)6(12)13/h5,11H,3-4H2,1-2H3,(H,10,14)(H,12,13). The van der Waals surface area contributed by atoms with Gasteiger partial charge in [0.1, 0.15) is 0 Å². The van der Waals surface area contributed by atoms with Gasteiger partial charge >= 0.3 is 5.97 Å². The van der Waals surface area contributed by atoms with Gasteiger partial charge in [-0.3, -0.25) is 4.79 Å². The number of halogens is 1. The smallest absolute Gasteiger partial charge is 0.328 e. The van der Waals surface area contributed by atoms with Crippen LogP contribution in [0.4, 0.5) is 0 Å². The maximum Gasteiger partial charge on any atom is 0.328 e. The number of aliphatic hydroxyl groups is 1. The molecule has 7 nitrogen and oxygen atoms in total. The summed E-state index contributed by atoms with van der Waals surface area (Å²) in [6, 6.07) is -1.39. The normalized spacial score (nSPS) is 13.2. The van der Waals surface area contributed by atoms with E-state index in [1.165, 1.54) is 14.2 Å². The number of methoxy groups -OCH3 is 2. The summed E-state index contributed by atoms with van der Waals surface area (Å²) in [5.74, 6) is -3.73. The number of nitrogens with one attached hydrogen (secondary N) is 1. The van der Waals surface area contributed by atoms with Crippen molar-refractivity contribution in [3.8, 4) is 0 Å². The van der Waals surface area contributed by atoms with Gasteiger partial charge in [-0.2, -0.15) is 0 Å². The summed E-state index contributed by atoms with van der Waals surface area (Å²) >= 11 is 3.02. The van der Waals surface area contributed by atoms with Gasteiger partial charge in [0.05, 0.1) is 11.9 Å². The van der Waals surface area contributed by atoms with E-state index in [9.17, 15) is 9.59 Å². The number of carbonyl (C=O) groups is 2. The van der Waals surface area contributed by atoms with Crippen LogP contribution in [0.25, 0.3) is 0 Å². The highest BCUT2D eigenvalue weighted by Gasteiger charge is 2.39. The van der Waals surface area contributed by atoms with Crippen molar-refractivity contribution in [1.82, 2.24) is 5.32 Å². The summed E-state index contributed by atoms with van der Waals surface area (Å²) in [6.07, 6.45) is 0. The van der Waals surface area contributed by atoms with Crippen LogP contribution in [-0.4, -0.2) is 60.1 Å². The molecule has 1 amide bonds. The Morgan fingerprint density at radius 1 is 1.44 bits per heavy atom. The van der Waals surface area contributed by atoms with Crippen LogP contribution in [0.5, 0.6) is 0 Å². The fraction of sp³-hybridized carbons (Fsp3) is 0.750.